The molecule has 144 valence electrons. The molecular formula is C21H20ClN3O3. The molecule has 0 atom stereocenters. The molecule has 1 aromatic heterocycles. The van der Waals surface area contributed by atoms with Gasteiger partial charge in [-0.2, -0.15) is 5.10 Å². The van der Waals surface area contributed by atoms with Gasteiger partial charge in [-0.1, -0.05) is 41.9 Å². The number of anilines is 1. The third-order valence-electron chi connectivity index (χ3n) is 4.15. The number of nitrogens with one attached hydrogen (secondary N) is 1. The Morgan fingerprint density at radius 1 is 1.07 bits per heavy atom. The Morgan fingerprint density at radius 2 is 1.75 bits per heavy atom. The van der Waals surface area contributed by atoms with Crippen molar-refractivity contribution in [2.24, 2.45) is 0 Å². The number of carbonyl (C=O) groups is 2. The lowest BCUT2D eigenvalue weighted by Crippen LogP contribution is -2.24. The molecule has 3 aromatic rings. The zero-order valence-corrected chi connectivity index (χ0v) is 16.5. The van der Waals surface area contributed by atoms with Crippen LogP contribution in [0.3, 0.4) is 0 Å². The number of carboxylic acid groups (broad SMARTS) is 1. The highest BCUT2D eigenvalue weighted by molar-refractivity contribution is 6.33. The van der Waals surface area contributed by atoms with Crippen LogP contribution >= 0.6 is 11.6 Å². The molecule has 0 unspecified atom stereocenters. The van der Waals surface area contributed by atoms with Gasteiger partial charge >= 0.3 is 5.97 Å². The smallest absolute Gasteiger partial charge is 0.337 e. The molecule has 1 amide bonds. The average Bonchev–Trinajstić information content (AvgIpc) is 3.09. The summed E-state index contributed by atoms with van der Waals surface area (Å²) in [7, 11) is 0. The van der Waals surface area contributed by atoms with E-state index < -0.39 is 5.97 Å². The number of benzene rings is 2. The third-order valence-corrected chi connectivity index (χ3v) is 4.48. The molecule has 0 fully saturated rings. The van der Waals surface area contributed by atoms with E-state index in [1.54, 1.807) is 6.07 Å². The van der Waals surface area contributed by atoms with Gasteiger partial charge in [-0.05, 0) is 39.0 Å². The number of hydrogen-bond donors (Lipinski definition) is 2. The fourth-order valence-corrected chi connectivity index (χ4v) is 3.06. The molecule has 0 bridgehead atoms. The van der Waals surface area contributed by atoms with E-state index in [1.165, 1.54) is 18.3 Å². The molecule has 0 aliphatic heterocycles. The second-order valence-electron chi connectivity index (χ2n) is 7.31. The van der Waals surface area contributed by atoms with Crippen LogP contribution in [-0.2, 0) is 5.54 Å². The highest BCUT2D eigenvalue weighted by Crippen LogP contribution is 2.30. The lowest BCUT2D eigenvalue weighted by molar-refractivity contribution is 0.0696. The topological polar surface area (TPSA) is 84.2 Å². The number of rotatable bonds is 4. The average molecular weight is 398 g/mol. The van der Waals surface area contributed by atoms with Gasteiger partial charge in [0.1, 0.15) is 0 Å². The number of nitrogens with zero attached hydrogens (tertiary/aromatic N) is 2. The van der Waals surface area contributed by atoms with Crippen molar-refractivity contribution in [3.05, 3.63) is 70.9 Å². The van der Waals surface area contributed by atoms with E-state index in [9.17, 15) is 14.7 Å². The summed E-state index contributed by atoms with van der Waals surface area (Å²) in [5, 5.41) is 16.5. The molecule has 2 aromatic carbocycles. The largest absolute Gasteiger partial charge is 0.478 e. The van der Waals surface area contributed by atoms with Crippen LogP contribution < -0.4 is 5.32 Å². The maximum absolute atomic E-state index is 13.0. The lowest BCUT2D eigenvalue weighted by atomic mass is 10.0. The summed E-state index contributed by atoms with van der Waals surface area (Å²) in [6.45, 7) is 6.02. The molecule has 0 saturated heterocycles. The number of carboxylic acids is 1. The summed E-state index contributed by atoms with van der Waals surface area (Å²) in [5.41, 5.74) is 1.89. The predicted molar refractivity (Wildman–Crippen MR) is 109 cm³/mol. The Morgan fingerprint density at radius 3 is 2.36 bits per heavy atom. The van der Waals surface area contributed by atoms with E-state index in [1.807, 2.05) is 55.8 Å². The Bertz CT molecular complexity index is 1040. The van der Waals surface area contributed by atoms with E-state index in [2.05, 4.69) is 10.4 Å². The fourth-order valence-electron chi connectivity index (χ4n) is 2.86. The van der Waals surface area contributed by atoms with Crippen molar-refractivity contribution in [3.8, 4) is 11.3 Å². The number of aromatic carboxylic acids is 1. The van der Waals surface area contributed by atoms with Crippen LogP contribution in [0.2, 0.25) is 5.02 Å². The van der Waals surface area contributed by atoms with E-state index >= 15 is 0 Å². The third kappa shape index (κ3) is 3.92. The molecule has 0 saturated carbocycles. The molecule has 0 radical (unpaired) electrons. The van der Waals surface area contributed by atoms with Gasteiger partial charge in [0.05, 0.1) is 33.6 Å². The van der Waals surface area contributed by atoms with E-state index in [0.717, 1.165) is 5.56 Å². The molecule has 28 heavy (non-hydrogen) atoms. The van der Waals surface area contributed by atoms with Gasteiger partial charge in [0.15, 0.2) is 0 Å². The van der Waals surface area contributed by atoms with Crippen LogP contribution in [-0.4, -0.2) is 26.8 Å². The van der Waals surface area contributed by atoms with Crippen molar-refractivity contribution >= 4 is 29.2 Å². The first kappa shape index (κ1) is 19.6. The zero-order chi connectivity index (χ0) is 20.5. The molecule has 1 heterocycles. The van der Waals surface area contributed by atoms with Crippen molar-refractivity contribution in [2.75, 3.05) is 5.32 Å². The molecule has 0 spiro atoms. The first-order valence-electron chi connectivity index (χ1n) is 8.66. The number of carbonyl (C=O) groups excluding carboxylic acids is 1. The van der Waals surface area contributed by atoms with Crippen LogP contribution in [0.4, 0.5) is 5.69 Å². The monoisotopic (exact) mass is 397 g/mol. The Labute approximate surface area is 167 Å². The normalized spacial score (nSPS) is 11.3. The highest BCUT2D eigenvalue weighted by Gasteiger charge is 2.25. The van der Waals surface area contributed by atoms with Gasteiger partial charge in [0.25, 0.3) is 5.91 Å². The molecule has 3 rings (SSSR count). The molecular weight excluding hydrogens is 378 g/mol. The Hall–Kier alpha value is -3.12. The minimum Gasteiger partial charge on any atom is -0.478 e. The van der Waals surface area contributed by atoms with Crippen LogP contribution in [0.1, 0.15) is 41.5 Å². The van der Waals surface area contributed by atoms with Gasteiger partial charge in [-0.15, -0.1) is 0 Å². The Balaban J connectivity index is 2.02. The van der Waals surface area contributed by atoms with Gasteiger partial charge in [-0.3, -0.25) is 9.48 Å². The van der Waals surface area contributed by atoms with Crippen molar-refractivity contribution < 1.29 is 14.7 Å². The van der Waals surface area contributed by atoms with E-state index in [0.29, 0.717) is 16.9 Å². The SMILES string of the molecule is CC(C)(C)n1ncc(C(=O)Nc2ccc(Cl)c(C(=O)O)c2)c1-c1ccccc1. The summed E-state index contributed by atoms with van der Waals surface area (Å²) in [6, 6.07) is 13.9. The maximum atomic E-state index is 13.0. The summed E-state index contributed by atoms with van der Waals surface area (Å²) in [5.74, 6) is -1.54. The maximum Gasteiger partial charge on any atom is 0.337 e. The summed E-state index contributed by atoms with van der Waals surface area (Å²) in [4.78, 5) is 24.2. The van der Waals surface area contributed by atoms with Gasteiger partial charge in [0, 0.05) is 11.3 Å². The number of hydrogen-bond acceptors (Lipinski definition) is 3. The zero-order valence-electron chi connectivity index (χ0n) is 15.7. The fraction of sp³-hybridized carbons (Fsp3) is 0.190. The molecule has 7 heteroatoms. The van der Waals surface area contributed by atoms with Crippen LogP contribution in [0.5, 0.6) is 0 Å². The minimum absolute atomic E-state index is 0.0758. The van der Waals surface area contributed by atoms with Crippen LogP contribution in [0.15, 0.2) is 54.7 Å². The van der Waals surface area contributed by atoms with E-state index in [4.69, 9.17) is 11.6 Å². The standard InChI is InChI=1S/C21H20ClN3O3/c1-21(2,3)25-18(13-7-5-4-6-8-13)16(12-23-25)19(26)24-14-9-10-17(22)15(11-14)20(27)28/h4-12H,1-3H3,(H,24,26)(H,27,28). The summed E-state index contributed by atoms with van der Waals surface area (Å²) >= 11 is 5.90. The number of amides is 1. The highest BCUT2D eigenvalue weighted by atomic mass is 35.5. The first-order valence-corrected chi connectivity index (χ1v) is 9.04. The number of aromatic nitrogens is 2. The lowest BCUT2D eigenvalue weighted by Gasteiger charge is -2.23. The second-order valence-corrected chi connectivity index (χ2v) is 7.72. The minimum atomic E-state index is -1.16. The van der Waals surface area contributed by atoms with Crippen molar-refractivity contribution in [1.29, 1.82) is 0 Å². The van der Waals surface area contributed by atoms with Crippen molar-refractivity contribution in [2.45, 2.75) is 26.3 Å². The van der Waals surface area contributed by atoms with Crippen molar-refractivity contribution in [3.63, 3.8) is 0 Å². The number of halogens is 1. The molecule has 6 nitrogen and oxygen atoms in total. The molecule has 0 aliphatic carbocycles. The van der Waals surface area contributed by atoms with Crippen LogP contribution in [0.25, 0.3) is 11.3 Å². The summed E-state index contributed by atoms with van der Waals surface area (Å²) < 4.78 is 1.81. The molecule has 2 N–H and O–H groups in total. The van der Waals surface area contributed by atoms with Gasteiger partial charge in [-0.25, -0.2) is 4.79 Å². The van der Waals surface area contributed by atoms with Gasteiger partial charge < -0.3 is 10.4 Å². The quantitative estimate of drug-likeness (QED) is 0.655. The van der Waals surface area contributed by atoms with E-state index in [-0.39, 0.29) is 22.0 Å². The van der Waals surface area contributed by atoms with Gasteiger partial charge in [0.2, 0.25) is 0 Å². The summed E-state index contributed by atoms with van der Waals surface area (Å²) in [6.07, 6.45) is 1.52. The Kier molecular flexibility index (Phi) is 5.25. The van der Waals surface area contributed by atoms with Crippen molar-refractivity contribution in [1.82, 2.24) is 9.78 Å². The molecule has 0 aliphatic rings. The first-order chi connectivity index (χ1) is 13.2. The predicted octanol–water partition coefficient (Wildman–Crippen LogP) is 4.91. The second kappa shape index (κ2) is 7.48. The van der Waals surface area contributed by atoms with Crippen LogP contribution in [0, 0.1) is 0 Å².